The van der Waals surface area contributed by atoms with Gasteiger partial charge in [0, 0.05) is 38.0 Å². The molecule has 2 atom stereocenters. The predicted molar refractivity (Wildman–Crippen MR) is 108 cm³/mol. The fraction of sp³-hybridized carbons (Fsp3) is 0.650. The molecule has 2 aromatic rings. The van der Waals surface area contributed by atoms with Crippen molar-refractivity contribution < 1.29 is 17.7 Å². The van der Waals surface area contributed by atoms with Crippen LogP contribution in [0.1, 0.15) is 38.4 Å². The molecule has 158 valence electrons. The molecule has 0 radical (unpaired) electrons. The highest BCUT2D eigenvalue weighted by Gasteiger charge is 2.43. The zero-order valence-corrected chi connectivity index (χ0v) is 17.8. The van der Waals surface area contributed by atoms with E-state index in [-0.39, 0.29) is 4.90 Å². The van der Waals surface area contributed by atoms with E-state index in [4.69, 9.17) is 9.26 Å². The molecular formula is C20H28N4O4S. The molecule has 0 spiro atoms. The molecule has 4 rings (SSSR count). The van der Waals surface area contributed by atoms with Crippen molar-refractivity contribution in [1.82, 2.24) is 15.1 Å². The number of anilines is 1. The van der Waals surface area contributed by atoms with E-state index in [1.54, 1.807) is 6.07 Å². The van der Waals surface area contributed by atoms with Gasteiger partial charge >= 0.3 is 6.01 Å². The van der Waals surface area contributed by atoms with Gasteiger partial charge in [-0.3, -0.25) is 0 Å². The molecule has 0 N–H and O–H groups in total. The van der Waals surface area contributed by atoms with E-state index < -0.39 is 9.84 Å². The van der Waals surface area contributed by atoms with Crippen LogP contribution < -0.4 is 9.64 Å². The first kappa shape index (κ1) is 20.1. The van der Waals surface area contributed by atoms with E-state index in [1.807, 2.05) is 6.92 Å². The van der Waals surface area contributed by atoms with Crippen molar-refractivity contribution >= 4 is 15.9 Å². The van der Waals surface area contributed by atoms with Gasteiger partial charge in [-0.05, 0) is 49.5 Å². The Labute approximate surface area is 171 Å². The smallest absolute Gasteiger partial charge is 0.324 e. The van der Waals surface area contributed by atoms with Crippen molar-refractivity contribution in [3.05, 3.63) is 24.2 Å². The van der Waals surface area contributed by atoms with Crippen molar-refractivity contribution in [3.8, 4) is 5.88 Å². The molecule has 2 aromatic heterocycles. The molecule has 1 saturated carbocycles. The summed E-state index contributed by atoms with van der Waals surface area (Å²) in [5.74, 6) is 3.52. The molecule has 9 heteroatoms. The van der Waals surface area contributed by atoms with Gasteiger partial charge in [0.2, 0.25) is 5.88 Å². The van der Waals surface area contributed by atoms with Crippen LogP contribution in [0.5, 0.6) is 5.88 Å². The summed E-state index contributed by atoms with van der Waals surface area (Å²) < 4.78 is 34.0. The normalized spacial score (nSPS) is 22.6. The van der Waals surface area contributed by atoms with E-state index in [0.717, 1.165) is 49.5 Å². The highest BCUT2D eigenvalue weighted by Crippen LogP contribution is 2.49. The Kier molecular flexibility index (Phi) is 5.76. The number of ether oxygens (including phenoxy) is 1. The van der Waals surface area contributed by atoms with Gasteiger partial charge < -0.3 is 14.2 Å². The minimum atomic E-state index is -3.22. The van der Waals surface area contributed by atoms with Gasteiger partial charge in [-0.2, -0.15) is 4.98 Å². The molecule has 8 nitrogen and oxygen atoms in total. The highest BCUT2D eigenvalue weighted by atomic mass is 32.2. The summed E-state index contributed by atoms with van der Waals surface area (Å²) in [6, 6.07) is 3.83. The van der Waals surface area contributed by atoms with Gasteiger partial charge in [0.05, 0.1) is 11.5 Å². The number of sulfone groups is 1. The number of nitrogens with zero attached hydrogens (tertiary/aromatic N) is 4. The quantitative estimate of drug-likeness (QED) is 0.643. The van der Waals surface area contributed by atoms with Crippen LogP contribution in [0.4, 0.5) is 6.01 Å². The number of pyridine rings is 1. The molecule has 0 aromatic carbocycles. The van der Waals surface area contributed by atoms with Gasteiger partial charge in [0.25, 0.3) is 0 Å². The van der Waals surface area contributed by atoms with Crippen LogP contribution in [-0.2, 0) is 16.3 Å². The van der Waals surface area contributed by atoms with E-state index in [2.05, 4.69) is 20.0 Å². The van der Waals surface area contributed by atoms with Gasteiger partial charge in [0.15, 0.2) is 15.7 Å². The summed E-state index contributed by atoms with van der Waals surface area (Å²) >= 11 is 0. The van der Waals surface area contributed by atoms with E-state index in [0.29, 0.717) is 18.5 Å². The van der Waals surface area contributed by atoms with Crippen LogP contribution in [0.2, 0.25) is 0 Å². The van der Waals surface area contributed by atoms with Crippen molar-refractivity contribution in [2.75, 3.05) is 30.9 Å². The van der Waals surface area contributed by atoms with E-state index in [9.17, 15) is 8.42 Å². The van der Waals surface area contributed by atoms with Crippen LogP contribution in [0.15, 0.2) is 27.7 Å². The Bertz CT molecular complexity index is 920. The van der Waals surface area contributed by atoms with Crippen LogP contribution in [0, 0.1) is 17.8 Å². The molecule has 1 aliphatic carbocycles. The Morgan fingerprint density at radius 3 is 2.69 bits per heavy atom. The molecule has 1 unspecified atom stereocenters. The summed E-state index contributed by atoms with van der Waals surface area (Å²) in [5, 5.41) is 3.99. The predicted octanol–water partition coefficient (Wildman–Crippen LogP) is 2.75. The first-order valence-corrected chi connectivity index (χ1v) is 12.2. The van der Waals surface area contributed by atoms with Crippen molar-refractivity contribution in [1.29, 1.82) is 0 Å². The van der Waals surface area contributed by atoms with Gasteiger partial charge in [-0.15, -0.1) is 0 Å². The monoisotopic (exact) mass is 420 g/mol. The first-order chi connectivity index (χ1) is 13.9. The van der Waals surface area contributed by atoms with Crippen LogP contribution in [0.25, 0.3) is 0 Å². The standard InChI is InChI=1S/C20H28N4O4S/c1-3-18-22-20(28-23-18)24-9-6-14(7-10-24)17-12-15(17)8-11-27-19-5-4-16(13-21-19)29(2,25)26/h4-5,13-15,17H,3,6-12H2,1-2H3/t15?,17-/m1/s1. The molecule has 2 aliphatic rings. The Morgan fingerprint density at radius 2 is 2.07 bits per heavy atom. The molecule has 0 amide bonds. The number of aryl methyl sites for hydroxylation is 1. The number of hydrogen-bond donors (Lipinski definition) is 0. The fourth-order valence-corrected chi connectivity index (χ4v) is 4.76. The average Bonchev–Trinajstić information content (AvgIpc) is 3.32. The van der Waals surface area contributed by atoms with Crippen LogP contribution in [0.3, 0.4) is 0 Å². The lowest BCUT2D eigenvalue weighted by Gasteiger charge is -2.30. The lowest BCUT2D eigenvalue weighted by Crippen LogP contribution is -2.34. The maximum Gasteiger partial charge on any atom is 0.324 e. The number of hydrogen-bond acceptors (Lipinski definition) is 8. The third-order valence-corrected chi connectivity index (χ3v) is 7.14. The van der Waals surface area contributed by atoms with Gasteiger partial charge in [0.1, 0.15) is 0 Å². The minimum Gasteiger partial charge on any atom is -0.478 e. The van der Waals surface area contributed by atoms with Gasteiger partial charge in [-0.25, -0.2) is 13.4 Å². The third-order valence-electron chi connectivity index (χ3n) is 6.04. The van der Waals surface area contributed by atoms with E-state index >= 15 is 0 Å². The summed E-state index contributed by atoms with van der Waals surface area (Å²) in [7, 11) is -3.22. The Hall–Kier alpha value is -2.16. The highest BCUT2D eigenvalue weighted by molar-refractivity contribution is 7.90. The van der Waals surface area contributed by atoms with Crippen molar-refractivity contribution in [2.45, 2.75) is 43.9 Å². The SMILES string of the molecule is CCc1noc(N2CCC([C@H]3CC3CCOc3ccc(S(C)(=O)=O)cn3)CC2)n1. The maximum atomic E-state index is 11.5. The largest absolute Gasteiger partial charge is 0.478 e. The number of aromatic nitrogens is 3. The molecule has 1 saturated heterocycles. The Balaban J connectivity index is 1.17. The molecule has 1 aliphatic heterocycles. The molecule has 29 heavy (non-hydrogen) atoms. The van der Waals surface area contributed by atoms with Crippen molar-refractivity contribution in [2.24, 2.45) is 17.8 Å². The Morgan fingerprint density at radius 1 is 1.28 bits per heavy atom. The van der Waals surface area contributed by atoms with Gasteiger partial charge in [-0.1, -0.05) is 12.1 Å². The maximum absolute atomic E-state index is 11.5. The molecule has 0 bridgehead atoms. The first-order valence-electron chi connectivity index (χ1n) is 10.3. The minimum absolute atomic E-state index is 0.213. The lowest BCUT2D eigenvalue weighted by atomic mass is 9.91. The van der Waals surface area contributed by atoms with Crippen LogP contribution in [-0.4, -0.2) is 49.5 Å². The fourth-order valence-electron chi connectivity index (χ4n) is 4.20. The second-order valence-corrected chi connectivity index (χ2v) is 10.1. The second kappa shape index (κ2) is 8.30. The average molecular weight is 421 g/mol. The summed E-state index contributed by atoms with van der Waals surface area (Å²) in [6.45, 7) is 4.60. The third kappa shape index (κ3) is 4.88. The summed E-state index contributed by atoms with van der Waals surface area (Å²) in [4.78, 5) is 10.9. The van der Waals surface area contributed by atoms with E-state index in [1.165, 1.54) is 37.8 Å². The lowest BCUT2D eigenvalue weighted by molar-refractivity contribution is 0.274. The number of piperidine rings is 1. The zero-order valence-electron chi connectivity index (χ0n) is 17.0. The molecular weight excluding hydrogens is 392 g/mol. The van der Waals surface area contributed by atoms with Crippen LogP contribution >= 0.6 is 0 Å². The van der Waals surface area contributed by atoms with Crippen molar-refractivity contribution in [3.63, 3.8) is 0 Å². The second-order valence-electron chi connectivity index (χ2n) is 8.07. The summed E-state index contributed by atoms with van der Waals surface area (Å²) in [6.07, 6.45) is 7.95. The number of rotatable bonds is 8. The molecule has 2 fully saturated rings. The topological polar surface area (TPSA) is 98.4 Å². The zero-order chi connectivity index (χ0) is 20.4. The molecule has 3 heterocycles. The summed E-state index contributed by atoms with van der Waals surface area (Å²) in [5.41, 5.74) is 0.